The van der Waals surface area contributed by atoms with Crippen LogP contribution in [0.1, 0.15) is 29.7 Å². The maximum atomic E-state index is 12.5. The SMILES string of the molecule is O=C(O)Cc1ccc(Cl)c(OCc2noc(-c3ccc(OC(F)(F)F)cc3)c2COCC2CC2)c1. The van der Waals surface area contributed by atoms with E-state index in [2.05, 4.69) is 9.89 Å². The molecule has 0 atom stereocenters. The van der Waals surface area contributed by atoms with Crippen LogP contribution in [-0.2, 0) is 29.2 Å². The lowest BCUT2D eigenvalue weighted by molar-refractivity contribution is -0.274. The molecule has 0 unspecified atom stereocenters. The van der Waals surface area contributed by atoms with Gasteiger partial charge in [-0.2, -0.15) is 0 Å². The Hall–Kier alpha value is -3.24. The number of hydrogen-bond donors (Lipinski definition) is 1. The Labute approximate surface area is 203 Å². The van der Waals surface area contributed by atoms with Gasteiger partial charge in [0.2, 0.25) is 0 Å². The lowest BCUT2D eigenvalue weighted by atomic mass is 10.1. The van der Waals surface area contributed by atoms with Crippen LogP contribution in [0.2, 0.25) is 5.02 Å². The topological polar surface area (TPSA) is 91.0 Å². The minimum atomic E-state index is -4.79. The van der Waals surface area contributed by atoms with Crippen LogP contribution >= 0.6 is 11.6 Å². The molecule has 11 heteroatoms. The summed E-state index contributed by atoms with van der Waals surface area (Å²) in [7, 11) is 0. The third kappa shape index (κ3) is 7.12. The van der Waals surface area contributed by atoms with E-state index in [-0.39, 0.29) is 31.1 Å². The molecule has 0 spiro atoms. The molecule has 35 heavy (non-hydrogen) atoms. The van der Waals surface area contributed by atoms with E-state index in [1.807, 2.05) is 0 Å². The monoisotopic (exact) mass is 511 g/mol. The van der Waals surface area contributed by atoms with Crippen LogP contribution in [0.4, 0.5) is 13.2 Å². The molecular formula is C24H21ClF3NO6. The predicted molar refractivity (Wildman–Crippen MR) is 118 cm³/mol. The van der Waals surface area contributed by atoms with Crippen molar-refractivity contribution in [3.63, 3.8) is 0 Å². The molecular weight excluding hydrogens is 491 g/mol. The summed E-state index contributed by atoms with van der Waals surface area (Å²) in [5, 5.41) is 13.4. The number of rotatable bonds is 11. The highest BCUT2D eigenvalue weighted by Crippen LogP contribution is 2.33. The zero-order valence-electron chi connectivity index (χ0n) is 18.3. The van der Waals surface area contributed by atoms with Gasteiger partial charge < -0.3 is 23.8 Å². The van der Waals surface area contributed by atoms with Crippen molar-refractivity contribution < 1.29 is 41.8 Å². The maximum Gasteiger partial charge on any atom is 0.573 e. The van der Waals surface area contributed by atoms with Crippen LogP contribution in [0.25, 0.3) is 11.3 Å². The smallest absolute Gasteiger partial charge is 0.486 e. The second kappa shape index (κ2) is 10.6. The van der Waals surface area contributed by atoms with Gasteiger partial charge in [-0.1, -0.05) is 22.8 Å². The number of carbonyl (C=O) groups is 1. The molecule has 1 fully saturated rings. The van der Waals surface area contributed by atoms with E-state index in [9.17, 15) is 18.0 Å². The Morgan fingerprint density at radius 3 is 2.54 bits per heavy atom. The summed E-state index contributed by atoms with van der Waals surface area (Å²) in [4.78, 5) is 11.0. The van der Waals surface area contributed by atoms with E-state index < -0.39 is 12.3 Å². The quantitative estimate of drug-likeness (QED) is 0.336. The first-order chi connectivity index (χ1) is 16.7. The number of alkyl halides is 3. The van der Waals surface area contributed by atoms with Gasteiger partial charge >= 0.3 is 12.3 Å². The lowest BCUT2D eigenvalue weighted by Gasteiger charge is -2.11. The molecule has 1 aromatic heterocycles. The first-order valence-electron chi connectivity index (χ1n) is 10.7. The Morgan fingerprint density at radius 1 is 1.14 bits per heavy atom. The van der Waals surface area contributed by atoms with Gasteiger partial charge in [0, 0.05) is 12.2 Å². The molecule has 7 nitrogen and oxygen atoms in total. The minimum Gasteiger partial charge on any atom is -0.486 e. The van der Waals surface area contributed by atoms with Crippen molar-refractivity contribution in [3.05, 3.63) is 64.3 Å². The number of aromatic nitrogens is 1. The molecule has 0 amide bonds. The number of aliphatic carboxylic acids is 1. The van der Waals surface area contributed by atoms with Crippen LogP contribution in [0.5, 0.6) is 11.5 Å². The van der Waals surface area contributed by atoms with Gasteiger partial charge in [-0.15, -0.1) is 13.2 Å². The van der Waals surface area contributed by atoms with Crippen LogP contribution in [0.15, 0.2) is 47.0 Å². The van der Waals surface area contributed by atoms with Crippen molar-refractivity contribution in [2.45, 2.75) is 38.8 Å². The molecule has 0 aliphatic heterocycles. The lowest BCUT2D eigenvalue weighted by Crippen LogP contribution is -2.16. The first-order valence-corrected chi connectivity index (χ1v) is 11.1. The second-order valence-corrected chi connectivity index (χ2v) is 8.50. The summed E-state index contributed by atoms with van der Waals surface area (Å²) in [5.74, 6) is -0.197. The zero-order valence-corrected chi connectivity index (χ0v) is 19.1. The number of halogens is 4. The average Bonchev–Trinajstić information content (AvgIpc) is 3.52. The summed E-state index contributed by atoms with van der Waals surface area (Å²) >= 11 is 6.19. The number of carboxylic acid groups (broad SMARTS) is 1. The maximum absolute atomic E-state index is 12.5. The van der Waals surface area contributed by atoms with Crippen LogP contribution < -0.4 is 9.47 Å². The highest BCUT2D eigenvalue weighted by Gasteiger charge is 2.31. The molecule has 0 radical (unpaired) electrons. The van der Waals surface area contributed by atoms with E-state index in [0.717, 1.165) is 12.8 Å². The third-order valence-electron chi connectivity index (χ3n) is 5.23. The van der Waals surface area contributed by atoms with Gasteiger partial charge in [-0.3, -0.25) is 4.79 Å². The molecule has 1 saturated carbocycles. The molecule has 3 aromatic rings. The number of carboxylic acids is 1. The van der Waals surface area contributed by atoms with Crippen molar-refractivity contribution in [1.29, 1.82) is 0 Å². The molecule has 1 aliphatic carbocycles. The van der Waals surface area contributed by atoms with Crippen molar-refractivity contribution >= 4 is 17.6 Å². The zero-order chi connectivity index (χ0) is 25.0. The largest absolute Gasteiger partial charge is 0.573 e. The highest BCUT2D eigenvalue weighted by atomic mass is 35.5. The van der Waals surface area contributed by atoms with Gasteiger partial charge in [-0.25, -0.2) is 0 Å². The minimum absolute atomic E-state index is 0.0445. The predicted octanol–water partition coefficient (Wildman–Crippen LogP) is 6.03. The normalized spacial score (nSPS) is 13.6. The molecule has 0 bridgehead atoms. The molecule has 0 saturated heterocycles. The highest BCUT2D eigenvalue weighted by molar-refractivity contribution is 6.32. The average molecular weight is 512 g/mol. The summed E-state index contributed by atoms with van der Waals surface area (Å²) in [6.07, 6.45) is -2.75. The summed E-state index contributed by atoms with van der Waals surface area (Å²) in [6, 6.07) is 9.92. The molecule has 1 aliphatic rings. The van der Waals surface area contributed by atoms with Crippen molar-refractivity contribution in [1.82, 2.24) is 5.16 Å². The van der Waals surface area contributed by atoms with Gasteiger partial charge in [0.05, 0.1) is 23.6 Å². The molecule has 186 valence electrons. The van der Waals surface area contributed by atoms with Crippen LogP contribution in [0.3, 0.4) is 0 Å². The Kier molecular flexibility index (Phi) is 7.51. The Bertz CT molecular complexity index is 1170. The van der Waals surface area contributed by atoms with Crippen molar-refractivity contribution in [2.75, 3.05) is 6.61 Å². The molecule has 4 rings (SSSR count). The number of ether oxygens (including phenoxy) is 3. The second-order valence-electron chi connectivity index (χ2n) is 8.09. The van der Waals surface area contributed by atoms with E-state index >= 15 is 0 Å². The third-order valence-corrected chi connectivity index (χ3v) is 5.54. The van der Waals surface area contributed by atoms with E-state index in [1.54, 1.807) is 18.2 Å². The number of nitrogens with zero attached hydrogens (tertiary/aromatic N) is 1. The van der Waals surface area contributed by atoms with Gasteiger partial charge in [-0.05, 0) is 60.7 Å². The van der Waals surface area contributed by atoms with Crippen molar-refractivity contribution in [2.24, 2.45) is 5.92 Å². The Morgan fingerprint density at radius 2 is 1.89 bits per heavy atom. The van der Waals surface area contributed by atoms with E-state index in [1.165, 1.54) is 24.3 Å². The van der Waals surface area contributed by atoms with E-state index in [0.29, 0.717) is 45.7 Å². The number of hydrogen-bond acceptors (Lipinski definition) is 6. The van der Waals surface area contributed by atoms with Gasteiger partial charge in [0.25, 0.3) is 0 Å². The van der Waals surface area contributed by atoms with Crippen LogP contribution in [0, 0.1) is 5.92 Å². The molecule has 2 aromatic carbocycles. The fourth-order valence-electron chi connectivity index (χ4n) is 3.34. The van der Waals surface area contributed by atoms with Gasteiger partial charge in [0.1, 0.15) is 23.8 Å². The van der Waals surface area contributed by atoms with Gasteiger partial charge in [0.15, 0.2) is 5.76 Å². The fraction of sp³-hybridized carbons (Fsp3) is 0.333. The fourth-order valence-corrected chi connectivity index (χ4v) is 3.51. The standard InChI is InChI=1S/C24H21ClF3NO6/c25-19-8-3-15(10-22(30)31)9-21(19)33-13-20-18(12-32-11-14-1-2-14)23(35-29-20)16-4-6-17(7-5-16)34-24(26,27)28/h3-9,14H,1-2,10-13H2,(H,30,31). The Balaban J connectivity index is 1.53. The molecule has 1 N–H and O–H groups in total. The molecule has 1 heterocycles. The summed E-state index contributed by atoms with van der Waals surface area (Å²) < 4.78 is 58.4. The van der Waals surface area contributed by atoms with Crippen molar-refractivity contribution in [3.8, 4) is 22.8 Å². The van der Waals surface area contributed by atoms with Crippen LogP contribution in [-0.4, -0.2) is 29.2 Å². The summed E-state index contributed by atoms with van der Waals surface area (Å²) in [6.45, 7) is 0.699. The number of benzene rings is 2. The first kappa shape index (κ1) is 24.9. The van der Waals surface area contributed by atoms with E-state index in [4.69, 9.17) is 30.7 Å². The summed E-state index contributed by atoms with van der Waals surface area (Å²) in [5.41, 5.74) is 2.02.